The average Bonchev–Trinajstić information content (AvgIpc) is 2.75. The number of rotatable bonds is 1. The van der Waals surface area contributed by atoms with Crippen molar-refractivity contribution in [2.45, 2.75) is 25.2 Å². The molecule has 1 heterocycles. The molecule has 0 saturated heterocycles. The zero-order valence-electron chi connectivity index (χ0n) is 9.92. The molecule has 3 rings (SSSR count). The van der Waals surface area contributed by atoms with Crippen LogP contribution in [0.1, 0.15) is 34.9 Å². The van der Waals surface area contributed by atoms with Crippen LogP contribution in [-0.4, -0.2) is 4.98 Å². The standard InChI is InChI=1S/C13H11Cl2FN2S/c14-8-4-6(5-9(15)11(8)16)7-2-1-3-10-12(7)19-13(17)18-10/h4-5,7H,1-3H2,(H2,17,18). The zero-order chi connectivity index (χ0) is 13.6. The molecule has 1 aromatic heterocycles. The van der Waals surface area contributed by atoms with E-state index >= 15 is 0 Å². The molecule has 0 spiro atoms. The molecule has 2 nitrogen and oxygen atoms in total. The molecule has 0 aliphatic heterocycles. The predicted molar refractivity (Wildman–Crippen MR) is 77.7 cm³/mol. The van der Waals surface area contributed by atoms with Crippen LogP contribution in [0.5, 0.6) is 0 Å². The van der Waals surface area contributed by atoms with Gasteiger partial charge in [-0.05, 0) is 37.0 Å². The van der Waals surface area contributed by atoms with Crippen molar-refractivity contribution in [2.24, 2.45) is 0 Å². The quantitative estimate of drug-likeness (QED) is 0.778. The maximum atomic E-state index is 13.5. The van der Waals surface area contributed by atoms with E-state index < -0.39 is 5.82 Å². The highest BCUT2D eigenvalue weighted by Crippen LogP contribution is 2.42. The molecule has 0 amide bonds. The monoisotopic (exact) mass is 316 g/mol. The molecule has 1 atom stereocenters. The minimum atomic E-state index is -0.563. The summed E-state index contributed by atoms with van der Waals surface area (Å²) in [6, 6.07) is 3.30. The van der Waals surface area contributed by atoms with Gasteiger partial charge in [0.05, 0.1) is 15.7 Å². The first-order chi connectivity index (χ1) is 9.06. The van der Waals surface area contributed by atoms with Gasteiger partial charge in [-0.1, -0.05) is 23.2 Å². The van der Waals surface area contributed by atoms with Gasteiger partial charge in [-0.3, -0.25) is 0 Å². The van der Waals surface area contributed by atoms with E-state index in [4.69, 9.17) is 28.9 Å². The molecule has 19 heavy (non-hydrogen) atoms. The summed E-state index contributed by atoms with van der Waals surface area (Å²) in [5.74, 6) is -0.402. The van der Waals surface area contributed by atoms with E-state index in [1.54, 1.807) is 12.1 Å². The van der Waals surface area contributed by atoms with Crippen molar-refractivity contribution in [3.05, 3.63) is 44.1 Å². The Balaban J connectivity index is 2.08. The van der Waals surface area contributed by atoms with Crippen molar-refractivity contribution < 1.29 is 4.39 Å². The first kappa shape index (κ1) is 13.2. The molecule has 6 heteroatoms. The fraction of sp³-hybridized carbons (Fsp3) is 0.308. The zero-order valence-corrected chi connectivity index (χ0v) is 12.2. The van der Waals surface area contributed by atoms with E-state index in [1.165, 1.54) is 11.3 Å². The number of nitrogen functional groups attached to an aromatic ring is 1. The number of nitrogens with two attached hydrogens (primary N) is 1. The van der Waals surface area contributed by atoms with Crippen LogP contribution in [0, 0.1) is 5.82 Å². The minimum absolute atomic E-state index is 0.0621. The largest absolute Gasteiger partial charge is 0.375 e. The van der Waals surface area contributed by atoms with Crippen LogP contribution >= 0.6 is 34.5 Å². The number of nitrogens with zero attached hydrogens (tertiary/aromatic N) is 1. The van der Waals surface area contributed by atoms with Crippen molar-refractivity contribution in [3.63, 3.8) is 0 Å². The topological polar surface area (TPSA) is 38.9 Å². The van der Waals surface area contributed by atoms with Crippen LogP contribution in [0.2, 0.25) is 10.0 Å². The van der Waals surface area contributed by atoms with Crippen LogP contribution in [-0.2, 0) is 6.42 Å². The number of thiazole rings is 1. The molecular formula is C13H11Cl2FN2S. The summed E-state index contributed by atoms with van der Waals surface area (Å²) in [7, 11) is 0. The molecule has 0 radical (unpaired) electrons. The summed E-state index contributed by atoms with van der Waals surface area (Å²) in [5.41, 5.74) is 7.76. The first-order valence-electron chi connectivity index (χ1n) is 5.95. The van der Waals surface area contributed by atoms with Gasteiger partial charge in [0.1, 0.15) is 0 Å². The van der Waals surface area contributed by atoms with Gasteiger partial charge < -0.3 is 5.73 Å². The maximum Gasteiger partial charge on any atom is 0.180 e. The number of hydrogen-bond donors (Lipinski definition) is 1. The second kappa shape index (κ2) is 4.93. The Bertz CT molecular complexity index is 619. The van der Waals surface area contributed by atoms with Crippen LogP contribution in [0.25, 0.3) is 0 Å². The Labute approximate surface area is 124 Å². The number of aryl methyl sites for hydroxylation is 1. The third-order valence-corrected chi connectivity index (χ3v) is 4.97. The number of hydrogen-bond acceptors (Lipinski definition) is 3. The molecule has 1 aliphatic carbocycles. The third kappa shape index (κ3) is 2.33. The Morgan fingerprint density at radius 2 is 2.00 bits per heavy atom. The second-order valence-corrected chi connectivity index (χ2v) is 6.48. The minimum Gasteiger partial charge on any atom is -0.375 e. The summed E-state index contributed by atoms with van der Waals surface area (Å²) >= 11 is 13.2. The number of halogens is 3. The highest BCUT2D eigenvalue weighted by atomic mass is 35.5. The fourth-order valence-corrected chi connectivity index (χ4v) is 4.08. The fourth-order valence-electron chi connectivity index (χ4n) is 2.53. The van der Waals surface area contributed by atoms with Gasteiger partial charge in [-0.15, -0.1) is 11.3 Å². The van der Waals surface area contributed by atoms with Gasteiger partial charge in [0.2, 0.25) is 0 Å². The van der Waals surface area contributed by atoms with Gasteiger partial charge in [0.25, 0.3) is 0 Å². The molecule has 2 N–H and O–H groups in total. The summed E-state index contributed by atoms with van der Waals surface area (Å²) in [4.78, 5) is 5.50. The van der Waals surface area contributed by atoms with Gasteiger partial charge in [-0.2, -0.15) is 0 Å². The highest BCUT2D eigenvalue weighted by molar-refractivity contribution is 7.15. The van der Waals surface area contributed by atoms with Crippen LogP contribution in [0.15, 0.2) is 12.1 Å². The van der Waals surface area contributed by atoms with Crippen molar-refractivity contribution in [2.75, 3.05) is 5.73 Å². The molecule has 0 saturated carbocycles. The summed E-state index contributed by atoms with van der Waals surface area (Å²) in [6.45, 7) is 0. The van der Waals surface area contributed by atoms with E-state index in [0.717, 1.165) is 35.4 Å². The van der Waals surface area contributed by atoms with E-state index in [9.17, 15) is 4.39 Å². The SMILES string of the molecule is Nc1nc2c(s1)C(c1cc(Cl)c(F)c(Cl)c1)CCC2. The smallest absolute Gasteiger partial charge is 0.180 e. The van der Waals surface area contributed by atoms with Crippen molar-refractivity contribution in [3.8, 4) is 0 Å². The van der Waals surface area contributed by atoms with E-state index in [0.29, 0.717) is 5.13 Å². The molecule has 1 aromatic carbocycles. The van der Waals surface area contributed by atoms with Gasteiger partial charge >= 0.3 is 0 Å². The predicted octanol–water partition coefficient (Wildman–Crippen LogP) is 4.64. The number of fused-ring (bicyclic) bond motifs is 1. The maximum absolute atomic E-state index is 13.5. The lowest BCUT2D eigenvalue weighted by Gasteiger charge is -2.22. The normalized spacial score (nSPS) is 18.4. The summed E-state index contributed by atoms with van der Waals surface area (Å²) < 4.78 is 13.5. The second-order valence-electron chi connectivity index (χ2n) is 4.61. The molecule has 0 fully saturated rings. The van der Waals surface area contributed by atoms with Gasteiger partial charge in [0, 0.05) is 10.8 Å². The molecule has 1 aliphatic rings. The lowest BCUT2D eigenvalue weighted by Crippen LogP contribution is -2.09. The molecule has 0 bridgehead atoms. The third-order valence-electron chi connectivity index (χ3n) is 3.38. The van der Waals surface area contributed by atoms with Gasteiger partial charge in [0.15, 0.2) is 10.9 Å². The Hall–Kier alpha value is -0.840. The molecule has 1 unspecified atom stereocenters. The average molecular weight is 317 g/mol. The summed E-state index contributed by atoms with van der Waals surface area (Å²) in [5, 5.41) is 0.704. The Morgan fingerprint density at radius 3 is 2.68 bits per heavy atom. The molecule has 2 aromatic rings. The lowest BCUT2D eigenvalue weighted by molar-refractivity contribution is 0.608. The van der Waals surface area contributed by atoms with Crippen molar-refractivity contribution in [1.82, 2.24) is 4.98 Å². The Kier molecular flexibility index (Phi) is 3.41. The van der Waals surface area contributed by atoms with Crippen LogP contribution in [0.3, 0.4) is 0 Å². The van der Waals surface area contributed by atoms with Gasteiger partial charge in [-0.25, -0.2) is 9.37 Å². The van der Waals surface area contributed by atoms with Crippen molar-refractivity contribution >= 4 is 39.7 Å². The first-order valence-corrected chi connectivity index (χ1v) is 7.53. The van der Waals surface area contributed by atoms with E-state index in [-0.39, 0.29) is 16.0 Å². The number of anilines is 1. The Morgan fingerprint density at radius 1 is 1.32 bits per heavy atom. The van der Waals surface area contributed by atoms with E-state index in [1.807, 2.05) is 0 Å². The highest BCUT2D eigenvalue weighted by Gasteiger charge is 2.26. The molecule has 100 valence electrons. The lowest BCUT2D eigenvalue weighted by atomic mass is 9.86. The van der Waals surface area contributed by atoms with E-state index in [2.05, 4.69) is 4.98 Å². The summed E-state index contributed by atoms with van der Waals surface area (Å²) in [6.07, 6.45) is 2.96. The van der Waals surface area contributed by atoms with Crippen molar-refractivity contribution in [1.29, 1.82) is 0 Å². The number of benzene rings is 1. The van der Waals surface area contributed by atoms with Crippen LogP contribution < -0.4 is 5.73 Å². The molecular weight excluding hydrogens is 306 g/mol. The van der Waals surface area contributed by atoms with Crippen LogP contribution in [0.4, 0.5) is 9.52 Å². The number of aromatic nitrogens is 1.